The molecule has 3 aromatic rings. The summed E-state index contributed by atoms with van der Waals surface area (Å²) in [6, 6.07) is 8.07. The number of carbonyl (C=O) groups is 1. The number of hydrogen-bond donors (Lipinski definition) is 1. The zero-order chi connectivity index (χ0) is 20.6. The molecule has 7 nitrogen and oxygen atoms in total. The Bertz CT molecular complexity index is 1000. The van der Waals surface area contributed by atoms with Crippen LogP contribution in [0.1, 0.15) is 38.8 Å². The lowest BCUT2D eigenvalue weighted by Gasteiger charge is -2.24. The Labute approximate surface area is 168 Å². The number of nitrogens with one attached hydrogen (secondary N) is 1. The van der Waals surface area contributed by atoms with Crippen LogP contribution in [-0.4, -0.2) is 49.7 Å². The molecule has 1 atom stereocenters. The molecule has 1 amide bonds. The number of rotatable bonds is 3. The quantitative estimate of drug-likeness (QED) is 0.721. The van der Waals surface area contributed by atoms with Gasteiger partial charge in [-0.15, -0.1) is 0 Å². The molecule has 29 heavy (non-hydrogen) atoms. The Hall–Kier alpha value is -3.16. The third-order valence-corrected chi connectivity index (χ3v) is 4.87. The Morgan fingerprint density at radius 1 is 1.24 bits per heavy atom. The van der Waals surface area contributed by atoms with Crippen LogP contribution in [0.15, 0.2) is 42.7 Å². The molecule has 0 bridgehead atoms. The van der Waals surface area contributed by atoms with Crippen molar-refractivity contribution in [2.75, 3.05) is 13.1 Å². The van der Waals surface area contributed by atoms with Crippen LogP contribution in [0, 0.1) is 5.82 Å². The standard InChI is InChI=1S/C21H24FN5O2/c1-21(2,3)29-20(28)26-10-8-14(13-26)19-17(12-23-24-19)18-9-11-27(25-18)16-6-4-15(22)5-7-16/h4-7,9,11-12,14H,8,10,13H2,1-3H3,(H,23,24). The van der Waals surface area contributed by atoms with Gasteiger partial charge in [-0.3, -0.25) is 5.10 Å². The van der Waals surface area contributed by atoms with E-state index in [1.807, 2.05) is 33.0 Å². The minimum absolute atomic E-state index is 0.135. The molecular weight excluding hydrogens is 373 g/mol. The van der Waals surface area contributed by atoms with Crippen molar-refractivity contribution in [1.82, 2.24) is 24.9 Å². The molecule has 2 aromatic heterocycles. The molecule has 1 unspecified atom stereocenters. The van der Waals surface area contributed by atoms with E-state index < -0.39 is 5.60 Å². The molecule has 1 saturated heterocycles. The first-order chi connectivity index (χ1) is 13.8. The summed E-state index contributed by atoms with van der Waals surface area (Å²) in [5.41, 5.74) is 2.90. The summed E-state index contributed by atoms with van der Waals surface area (Å²) in [6.07, 6.45) is 4.12. The molecule has 0 saturated carbocycles. The molecule has 8 heteroatoms. The van der Waals surface area contributed by atoms with Gasteiger partial charge in [-0.2, -0.15) is 10.2 Å². The predicted molar refractivity (Wildman–Crippen MR) is 106 cm³/mol. The number of nitrogens with zero attached hydrogens (tertiary/aromatic N) is 4. The van der Waals surface area contributed by atoms with Gasteiger partial charge in [0, 0.05) is 36.5 Å². The van der Waals surface area contributed by atoms with Crippen molar-refractivity contribution in [3.8, 4) is 16.9 Å². The number of ether oxygens (including phenoxy) is 1. The van der Waals surface area contributed by atoms with Crippen LogP contribution in [0.25, 0.3) is 16.9 Å². The van der Waals surface area contributed by atoms with E-state index in [1.165, 1.54) is 12.1 Å². The number of H-pyrrole nitrogens is 1. The number of amides is 1. The topological polar surface area (TPSA) is 76.0 Å². The average molecular weight is 397 g/mol. The van der Waals surface area contributed by atoms with Gasteiger partial charge in [0.05, 0.1) is 17.6 Å². The maximum absolute atomic E-state index is 13.2. The molecule has 0 spiro atoms. The lowest BCUT2D eigenvalue weighted by atomic mass is 10.00. The van der Waals surface area contributed by atoms with E-state index in [2.05, 4.69) is 15.3 Å². The Morgan fingerprint density at radius 3 is 2.72 bits per heavy atom. The van der Waals surface area contributed by atoms with Crippen molar-refractivity contribution < 1.29 is 13.9 Å². The Morgan fingerprint density at radius 2 is 2.00 bits per heavy atom. The molecule has 1 aliphatic heterocycles. The van der Waals surface area contributed by atoms with Gasteiger partial charge in [-0.1, -0.05) is 0 Å². The first-order valence-corrected chi connectivity index (χ1v) is 9.63. The lowest BCUT2D eigenvalue weighted by Crippen LogP contribution is -2.35. The van der Waals surface area contributed by atoms with Gasteiger partial charge < -0.3 is 9.64 Å². The van der Waals surface area contributed by atoms with Crippen LogP contribution in [0.3, 0.4) is 0 Å². The van der Waals surface area contributed by atoms with Gasteiger partial charge in [-0.05, 0) is 57.5 Å². The Balaban J connectivity index is 1.51. The molecule has 1 fully saturated rings. The van der Waals surface area contributed by atoms with Crippen LogP contribution in [0.2, 0.25) is 0 Å². The van der Waals surface area contributed by atoms with Gasteiger partial charge in [0.15, 0.2) is 0 Å². The Kier molecular flexibility index (Phi) is 4.86. The molecule has 1 aromatic carbocycles. The second-order valence-electron chi connectivity index (χ2n) is 8.23. The minimum atomic E-state index is -0.512. The fourth-order valence-electron chi connectivity index (χ4n) is 3.50. The van der Waals surface area contributed by atoms with Crippen molar-refractivity contribution in [2.45, 2.75) is 38.7 Å². The van der Waals surface area contributed by atoms with Gasteiger partial charge in [-0.25, -0.2) is 13.9 Å². The minimum Gasteiger partial charge on any atom is -0.444 e. The van der Waals surface area contributed by atoms with E-state index in [1.54, 1.807) is 27.9 Å². The van der Waals surface area contributed by atoms with E-state index in [0.29, 0.717) is 13.1 Å². The first-order valence-electron chi connectivity index (χ1n) is 9.63. The number of aromatic nitrogens is 4. The van der Waals surface area contributed by atoms with E-state index in [0.717, 1.165) is 29.1 Å². The maximum atomic E-state index is 13.2. The normalized spacial score (nSPS) is 17.0. The highest BCUT2D eigenvalue weighted by atomic mass is 19.1. The zero-order valence-electron chi connectivity index (χ0n) is 16.7. The van der Waals surface area contributed by atoms with Crippen molar-refractivity contribution in [2.24, 2.45) is 0 Å². The van der Waals surface area contributed by atoms with Crippen molar-refractivity contribution in [1.29, 1.82) is 0 Å². The highest BCUT2D eigenvalue weighted by Crippen LogP contribution is 2.33. The summed E-state index contributed by atoms with van der Waals surface area (Å²) in [6.45, 7) is 6.81. The summed E-state index contributed by atoms with van der Waals surface area (Å²) in [5, 5.41) is 11.9. The predicted octanol–water partition coefficient (Wildman–Crippen LogP) is 4.13. The summed E-state index contributed by atoms with van der Waals surface area (Å²) in [7, 11) is 0. The third-order valence-electron chi connectivity index (χ3n) is 4.87. The number of carbonyl (C=O) groups excluding carboxylic acids is 1. The number of hydrogen-bond acceptors (Lipinski definition) is 4. The van der Waals surface area contributed by atoms with Crippen LogP contribution < -0.4 is 0 Å². The van der Waals surface area contributed by atoms with E-state index in [9.17, 15) is 9.18 Å². The second kappa shape index (κ2) is 7.35. The van der Waals surface area contributed by atoms with E-state index >= 15 is 0 Å². The molecular formula is C21H24FN5O2. The molecule has 0 radical (unpaired) electrons. The SMILES string of the molecule is CC(C)(C)OC(=O)N1CCC(c2[nH]ncc2-c2ccn(-c3ccc(F)cc3)n2)C1. The first kappa shape index (κ1) is 19.2. The fourth-order valence-corrected chi connectivity index (χ4v) is 3.50. The summed E-state index contributed by atoms with van der Waals surface area (Å²) in [5.74, 6) is -0.148. The van der Waals surface area contributed by atoms with Crippen molar-refractivity contribution in [3.63, 3.8) is 0 Å². The highest BCUT2D eigenvalue weighted by molar-refractivity contribution is 5.69. The molecule has 1 aliphatic rings. The number of benzene rings is 1. The molecule has 4 rings (SSSR count). The number of likely N-dealkylation sites (tertiary alicyclic amines) is 1. The van der Waals surface area contributed by atoms with E-state index in [-0.39, 0.29) is 17.8 Å². The summed E-state index contributed by atoms with van der Waals surface area (Å²) >= 11 is 0. The number of aromatic amines is 1. The van der Waals surface area contributed by atoms with Crippen LogP contribution in [0.5, 0.6) is 0 Å². The number of halogens is 1. The summed E-state index contributed by atoms with van der Waals surface area (Å²) in [4.78, 5) is 14.1. The van der Waals surface area contributed by atoms with Gasteiger partial charge in [0.2, 0.25) is 0 Å². The fraction of sp³-hybridized carbons (Fsp3) is 0.381. The largest absolute Gasteiger partial charge is 0.444 e. The average Bonchev–Trinajstić information content (AvgIpc) is 3.39. The summed E-state index contributed by atoms with van der Waals surface area (Å²) < 4.78 is 20.3. The van der Waals surface area contributed by atoms with Crippen LogP contribution in [-0.2, 0) is 4.74 Å². The van der Waals surface area contributed by atoms with Gasteiger partial charge >= 0.3 is 6.09 Å². The maximum Gasteiger partial charge on any atom is 0.410 e. The van der Waals surface area contributed by atoms with Gasteiger partial charge in [0.25, 0.3) is 0 Å². The van der Waals surface area contributed by atoms with Crippen molar-refractivity contribution in [3.05, 3.63) is 54.2 Å². The van der Waals surface area contributed by atoms with Crippen LogP contribution in [0.4, 0.5) is 9.18 Å². The smallest absolute Gasteiger partial charge is 0.410 e. The van der Waals surface area contributed by atoms with Crippen molar-refractivity contribution >= 4 is 6.09 Å². The second-order valence-corrected chi connectivity index (χ2v) is 8.23. The van der Waals surface area contributed by atoms with Gasteiger partial charge in [0.1, 0.15) is 11.4 Å². The zero-order valence-corrected chi connectivity index (χ0v) is 16.7. The monoisotopic (exact) mass is 397 g/mol. The third kappa shape index (κ3) is 4.16. The highest BCUT2D eigenvalue weighted by Gasteiger charge is 2.32. The van der Waals surface area contributed by atoms with Crippen LogP contribution >= 0.6 is 0 Å². The molecule has 3 heterocycles. The molecule has 152 valence electrons. The lowest BCUT2D eigenvalue weighted by molar-refractivity contribution is 0.0292. The molecule has 1 N–H and O–H groups in total. The molecule has 0 aliphatic carbocycles. The van der Waals surface area contributed by atoms with E-state index in [4.69, 9.17) is 4.74 Å².